The van der Waals surface area contributed by atoms with Crippen LogP contribution in [0.5, 0.6) is 5.75 Å². The number of aryl methyl sites for hydroxylation is 1. The number of rotatable bonds is 7. The lowest BCUT2D eigenvalue weighted by Crippen LogP contribution is -2.39. The number of nitrogens with two attached hydrogens (primary N) is 1. The minimum atomic E-state index is -0.404. The molecule has 1 aromatic heterocycles. The van der Waals surface area contributed by atoms with Crippen molar-refractivity contribution in [3.63, 3.8) is 0 Å². The van der Waals surface area contributed by atoms with Gasteiger partial charge in [0, 0.05) is 54.0 Å². The van der Waals surface area contributed by atoms with Gasteiger partial charge < -0.3 is 20.2 Å². The maximum absolute atomic E-state index is 11.5. The van der Waals surface area contributed by atoms with E-state index in [2.05, 4.69) is 28.9 Å². The van der Waals surface area contributed by atoms with Gasteiger partial charge in [-0.1, -0.05) is 12.1 Å². The largest absolute Gasteiger partial charge is 0.496 e. The summed E-state index contributed by atoms with van der Waals surface area (Å²) in [6.45, 7) is 6.56. The highest BCUT2D eigenvalue weighted by molar-refractivity contribution is 5.92. The standard InChI is InChI=1S/C25H31N3O3/c1-4-31-19-10-12-28(22(14-19)17-5-7-18(8-6-17)25(26)29)15-21-20-9-11-27-24(20)16(2)13-23(21)30-3/h5-9,11,13,19,22,27H,4,10,12,14-15H2,1-3H3,(H2,26,29). The zero-order valence-electron chi connectivity index (χ0n) is 18.5. The van der Waals surface area contributed by atoms with Crippen molar-refractivity contribution >= 4 is 16.8 Å². The second kappa shape index (κ2) is 9.12. The molecule has 2 atom stereocenters. The van der Waals surface area contributed by atoms with Crippen LogP contribution >= 0.6 is 0 Å². The van der Waals surface area contributed by atoms with Crippen molar-refractivity contribution in [2.45, 2.75) is 45.4 Å². The molecule has 1 amide bonds. The van der Waals surface area contributed by atoms with Gasteiger partial charge in [0.05, 0.1) is 13.2 Å². The first-order valence-electron chi connectivity index (χ1n) is 10.9. The summed E-state index contributed by atoms with van der Waals surface area (Å²) in [4.78, 5) is 17.4. The molecule has 1 aliphatic heterocycles. The summed E-state index contributed by atoms with van der Waals surface area (Å²) >= 11 is 0. The van der Waals surface area contributed by atoms with Gasteiger partial charge >= 0.3 is 0 Å². The molecule has 1 saturated heterocycles. The molecule has 1 fully saturated rings. The number of hydrogen-bond donors (Lipinski definition) is 2. The second-order valence-electron chi connectivity index (χ2n) is 8.21. The lowest BCUT2D eigenvalue weighted by Gasteiger charge is -2.40. The molecule has 3 aromatic rings. The number of piperidine rings is 1. The molecule has 31 heavy (non-hydrogen) atoms. The van der Waals surface area contributed by atoms with Gasteiger partial charge in [-0.15, -0.1) is 0 Å². The number of hydrogen-bond acceptors (Lipinski definition) is 4. The van der Waals surface area contributed by atoms with E-state index in [-0.39, 0.29) is 12.1 Å². The zero-order chi connectivity index (χ0) is 22.0. The Hall–Kier alpha value is -2.83. The van der Waals surface area contributed by atoms with Gasteiger partial charge in [0.2, 0.25) is 5.91 Å². The molecular formula is C25H31N3O3. The van der Waals surface area contributed by atoms with Crippen LogP contribution in [0.4, 0.5) is 0 Å². The molecule has 1 aliphatic rings. The number of nitrogens with zero attached hydrogens (tertiary/aromatic N) is 1. The van der Waals surface area contributed by atoms with Crippen LogP contribution in [-0.4, -0.2) is 42.2 Å². The molecule has 6 heteroatoms. The van der Waals surface area contributed by atoms with Crippen LogP contribution in [0.25, 0.3) is 10.9 Å². The number of ether oxygens (including phenoxy) is 2. The van der Waals surface area contributed by atoms with E-state index in [1.165, 1.54) is 22.1 Å². The number of methoxy groups -OCH3 is 1. The van der Waals surface area contributed by atoms with Gasteiger partial charge in [-0.3, -0.25) is 9.69 Å². The van der Waals surface area contributed by atoms with Crippen LogP contribution < -0.4 is 10.5 Å². The molecule has 164 valence electrons. The van der Waals surface area contributed by atoms with Crippen LogP contribution in [-0.2, 0) is 11.3 Å². The Kier molecular flexibility index (Phi) is 6.30. The minimum Gasteiger partial charge on any atom is -0.496 e. The lowest BCUT2D eigenvalue weighted by molar-refractivity contribution is -0.0138. The number of likely N-dealkylation sites (tertiary alicyclic amines) is 1. The van der Waals surface area contributed by atoms with Crippen molar-refractivity contribution in [2.75, 3.05) is 20.3 Å². The number of aromatic amines is 1. The van der Waals surface area contributed by atoms with Crippen molar-refractivity contribution < 1.29 is 14.3 Å². The van der Waals surface area contributed by atoms with Crippen molar-refractivity contribution in [3.05, 3.63) is 64.8 Å². The van der Waals surface area contributed by atoms with E-state index in [9.17, 15) is 4.79 Å². The third-order valence-electron chi connectivity index (χ3n) is 6.34. The van der Waals surface area contributed by atoms with Crippen molar-refractivity contribution in [3.8, 4) is 5.75 Å². The predicted molar refractivity (Wildman–Crippen MR) is 122 cm³/mol. The molecule has 2 unspecified atom stereocenters. The molecule has 2 aromatic carbocycles. The highest BCUT2D eigenvalue weighted by atomic mass is 16.5. The van der Waals surface area contributed by atoms with Crippen LogP contribution in [0.15, 0.2) is 42.6 Å². The van der Waals surface area contributed by atoms with Gasteiger partial charge in [-0.25, -0.2) is 0 Å². The summed E-state index contributed by atoms with van der Waals surface area (Å²) in [5.74, 6) is 0.512. The van der Waals surface area contributed by atoms with Gasteiger partial charge in [0.15, 0.2) is 0 Å². The first-order chi connectivity index (χ1) is 15.0. The molecule has 2 heterocycles. The van der Waals surface area contributed by atoms with Crippen LogP contribution in [0, 0.1) is 6.92 Å². The molecule has 0 spiro atoms. The average Bonchev–Trinajstić information content (AvgIpc) is 3.27. The topological polar surface area (TPSA) is 80.6 Å². The summed E-state index contributed by atoms with van der Waals surface area (Å²) in [7, 11) is 1.73. The first-order valence-corrected chi connectivity index (χ1v) is 10.9. The van der Waals surface area contributed by atoms with Crippen molar-refractivity contribution in [2.24, 2.45) is 5.73 Å². The summed E-state index contributed by atoms with van der Waals surface area (Å²) in [5, 5.41) is 1.20. The van der Waals surface area contributed by atoms with E-state index in [0.717, 1.165) is 37.2 Å². The van der Waals surface area contributed by atoms with E-state index in [4.69, 9.17) is 15.2 Å². The molecule has 0 bridgehead atoms. The highest BCUT2D eigenvalue weighted by Crippen LogP contribution is 2.37. The number of aromatic nitrogens is 1. The Morgan fingerprint density at radius 3 is 2.71 bits per heavy atom. The van der Waals surface area contributed by atoms with Gasteiger partial charge in [-0.2, -0.15) is 0 Å². The quantitative estimate of drug-likeness (QED) is 0.595. The fraction of sp³-hybridized carbons (Fsp3) is 0.400. The number of benzene rings is 2. The van der Waals surface area contributed by atoms with E-state index >= 15 is 0 Å². The third kappa shape index (κ3) is 4.31. The maximum atomic E-state index is 11.5. The van der Waals surface area contributed by atoms with E-state index in [1.54, 1.807) is 7.11 Å². The van der Waals surface area contributed by atoms with Crippen LogP contribution in [0.3, 0.4) is 0 Å². The first kappa shape index (κ1) is 21.4. The van der Waals surface area contributed by atoms with E-state index in [0.29, 0.717) is 12.2 Å². The number of nitrogens with one attached hydrogen (secondary N) is 1. The zero-order valence-corrected chi connectivity index (χ0v) is 18.5. The summed E-state index contributed by atoms with van der Waals surface area (Å²) in [6, 6.07) is 12.1. The van der Waals surface area contributed by atoms with Crippen LogP contribution in [0.2, 0.25) is 0 Å². The van der Waals surface area contributed by atoms with Gasteiger partial charge in [-0.05, 0) is 62.1 Å². The molecule has 6 nitrogen and oxygen atoms in total. The number of carbonyl (C=O) groups is 1. The van der Waals surface area contributed by atoms with Crippen molar-refractivity contribution in [1.82, 2.24) is 9.88 Å². The molecule has 3 N–H and O–H groups in total. The normalized spacial score (nSPS) is 19.6. The average molecular weight is 422 g/mol. The molecule has 0 radical (unpaired) electrons. The van der Waals surface area contributed by atoms with Crippen LogP contribution in [0.1, 0.15) is 52.9 Å². The Morgan fingerprint density at radius 1 is 1.26 bits per heavy atom. The van der Waals surface area contributed by atoms with Gasteiger partial charge in [0.1, 0.15) is 5.75 Å². The smallest absolute Gasteiger partial charge is 0.248 e. The Labute approximate surface area is 183 Å². The molecule has 4 rings (SSSR count). The number of carbonyl (C=O) groups excluding carboxylic acids is 1. The SMILES string of the molecule is CCOC1CCN(Cc2c(OC)cc(C)c3[nH]ccc23)C(c2ccc(C(N)=O)cc2)C1. The monoisotopic (exact) mass is 421 g/mol. The molecular weight excluding hydrogens is 390 g/mol. The summed E-state index contributed by atoms with van der Waals surface area (Å²) in [6.07, 6.45) is 4.12. The Bertz CT molecular complexity index is 1060. The number of primary amides is 1. The van der Waals surface area contributed by atoms with E-state index < -0.39 is 5.91 Å². The Morgan fingerprint density at radius 2 is 2.03 bits per heavy atom. The summed E-state index contributed by atoms with van der Waals surface area (Å²) < 4.78 is 11.8. The fourth-order valence-electron chi connectivity index (χ4n) is 4.76. The number of amides is 1. The number of H-pyrrole nitrogens is 1. The predicted octanol–water partition coefficient (Wildman–Crippen LogP) is 4.33. The maximum Gasteiger partial charge on any atom is 0.248 e. The van der Waals surface area contributed by atoms with Gasteiger partial charge in [0.25, 0.3) is 0 Å². The minimum absolute atomic E-state index is 0.187. The molecule has 0 saturated carbocycles. The highest BCUT2D eigenvalue weighted by Gasteiger charge is 2.31. The Balaban J connectivity index is 1.69. The fourth-order valence-corrected chi connectivity index (χ4v) is 4.76. The number of fused-ring (bicyclic) bond motifs is 1. The van der Waals surface area contributed by atoms with E-state index in [1.807, 2.05) is 37.4 Å². The molecule has 0 aliphatic carbocycles. The summed E-state index contributed by atoms with van der Waals surface area (Å²) in [5.41, 5.74) is 10.7. The third-order valence-corrected chi connectivity index (χ3v) is 6.34. The van der Waals surface area contributed by atoms with Crippen molar-refractivity contribution in [1.29, 1.82) is 0 Å². The lowest BCUT2D eigenvalue weighted by atomic mass is 9.91. The second-order valence-corrected chi connectivity index (χ2v) is 8.21.